The largest absolute Gasteiger partial charge is 1.00 e. The van der Waals surface area contributed by atoms with E-state index in [-0.39, 0.29) is 208 Å². The zero-order chi connectivity index (χ0) is 41.8. The van der Waals surface area contributed by atoms with Crippen LogP contribution in [0.3, 0.4) is 0 Å². The number of benzene rings is 5. The van der Waals surface area contributed by atoms with Crippen LogP contribution in [0.4, 0.5) is 0 Å². The summed E-state index contributed by atoms with van der Waals surface area (Å²) in [5.41, 5.74) is 8.11. The van der Waals surface area contributed by atoms with Gasteiger partial charge in [0.1, 0.15) is 5.70 Å². The number of nitrogens with zero attached hydrogens (tertiary/aromatic N) is 1. The Bertz CT molecular complexity index is 2370. The Hall–Kier alpha value is -2.57. The van der Waals surface area contributed by atoms with Crippen molar-refractivity contribution >= 4 is 51.8 Å². The predicted molar refractivity (Wildman–Crippen MR) is 240 cm³/mol. The fourth-order valence-corrected chi connectivity index (χ4v) is 6.20. The van der Waals surface area contributed by atoms with Gasteiger partial charge < -0.3 is 34.2 Å². The standard InChI is InChI=1S/C25H17NO4.C11H9NO2.C7H5ClO.C4H8O.3CH3.Na.3Y.H/c1-16-21(23(28)20-15-9-8-14-19(20)22(16)27)26(24(29)17-10-4-2-5-11-17)25(30)18-12-6-3-7-13-18;1-6-9(12)11(14)8-5-3-2-4-7(8)10(6)13;8-7(9)6-4-2-1-3-5-6;1-2-4-5-3-1;;;;;;;;/h2-15H,1H3;2-5H,12H2,1H3;1-5H;1-4H2;3*1H3;;;;;/q;;;;3*-1;+1;;;;-1. The van der Waals surface area contributed by atoms with Crippen molar-refractivity contribution in [1.82, 2.24) is 4.90 Å². The summed E-state index contributed by atoms with van der Waals surface area (Å²) in [7, 11) is 0. The van der Waals surface area contributed by atoms with Gasteiger partial charge in [-0.2, -0.15) is 0 Å². The van der Waals surface area contributed by atoms with Crippen molar-refractivity contribution in [2.45, 2.75) is 26.7 Å². The molecule has 5 aromatic carbocycles. The van der Waals surface area contributed by atoms with E-state index in [0.717, 1.165) is 18.1 Å². The normalized spacial score (nSPS) is 12.5. The average Bonchev–Trinajstić information content (AvgIpc) is 3.87. The van der Waals surface area contributed by atoms with Gasteiger partial charge in [-0.3, -0.25) is 33.6 Å². The minimum Gasteiger partial charge on any atom is -1.00 e. The molecule has 15 heteroatoms. The van der Waals surface area contributed by atoms with Gasteiger partial charge in [0.25, 0.3) is 17.1 Å². The molecule has 327 valence electrons. The molecule has 0 bridgehead atoms. The summed E-state index contributed by atoms with van der Waals surface area (Å²) in [6.45, 7) is 5.04. The van der Waals surface area contributed by atoms with E-state index < -0.39 is 22.8 Å². The molecule has 0 spiro atoms. The van der Waals surface area contributed by atoms with Crippen molar-refractivity contribution in [1.29, 1.82) is 0 Å². The van der Waals surface area contributed by atoms with Crippen LogP contribution in [0.15, 0.2) is 162 Å². The van der Waals surface area contributed by atoms with E-state index in [9.17, 15) is 33.6 Å². The van der Waals surface area contributed by atoms with Gasteiger partial charge in [-0.15, -0.1) is 0 Å². The monoisotopic (exact) mass is 1130 g/mol. The second-order valence-corrected chi connectivity index (χ2v) is 13.4. The SMILES string of the molecule is C1CCOC1.CC1=C(N(C(=O)c2ccccc2)C(=O)c2ccccc2)C(=O)c2ccccc2C1=O.CC1=C(N)C(=O)c2ccccc2C1=O.O=C(Cl)c1ccccc1.[CH3-].[CH3-].[CH3-].[H-].[Na+].[Y].[Y].[Y]. The van der Waals surface area contributed by atoms with E-state index >= 15 is 0 Å². The first kappa shape index (κ1) is 66.7. The first-order chi connectivity index (χ1) is 27.9. The molecule has 1 saturated heterocycles. The molecular weight excluding hydrogens is 1080 g/mol. The van der Waals surface area contributed by atoms with E-state index in [1.165, 1.54) is 25.8 Å². The molecule has 3 radical (unpaired) electrons. The topological polar surface area (TPSA) is 158 Å². The number of allylic oxidation sites excluding steroid dienone is 4. The zero-order valence-corrected chi connectivity index (χ0v) is 48.8. The average molecular weight is 1130 g/mol. The van der Waals surface area contributed by atoms with E-state index in [2.05, 4.69) is 0 Å². The summed E-state index contributed by atoms with van der Waals surface area (Å²) in [5, 5.41) is -0.407. The molecule has 2 aliphatic carbocycles. The Labute approximate surface area is 486 Å². The number of ketones is 4. The molecule has 0 aromatic heterocycles. The van der Waals surface area contributed by atoms with Crippen molar-refractivity contribution < 1.29 is 167 Å². The van der Waals surface area contributed by atoms with Crippen LogP contribution in [0.5, 0.6) is 0 Å². The first-order valence-corrected chi connectivity index (χ1v) is 18.7. The third kappa shape index (κ3) is 17.2. The molecule has 3 aliphatic rings. The molecule has 0 atom stereocenters. The van der Waals surface area contributed by atoms with E-state index in [1.54, 1.807) is 134 Å². The number of hydrogen-bond acceptors (Lipinski definition) is 9. The molecular formula is C50H49ClN2NaO8Y3-3. The smallest absolute Gasteiger partial charge is 1.00 e. The van der Waals surface area contributed by atoms with Crippen molar-refractivity contribution in [3.63, 3.8) is 0 Å². The maximum absolute atomic E-state index is 13.4. The predicted octanol–water partition coefficient (Wildman–Crippen LogP) is 6.94. The van der Waals surface area contributed by atoms with Gasteiger partial charge in [0, 0.05) is 161 Å². The van der Waals surface area contributed by atoms with Crippen LogP contribution in [0.2, 0.25) is 0 Å². The van der Waals surface area contributed by atoms with Crippen LogP contribution in [0.25, 0.3) is 0 Å². The maximum Gasteiger partial charge on any atom is 1.00 e. The number of hydrogen-bond donors (Lipinski definition) is 1. The van der Waals surface area contributed by atoms with Gasteiger partial charge in [0.2, 0.25) is 11.6 Å². The minimum absolute atomic E-state index is 0. The zero-order valence-electron chi connectivity index (χ0n) is 38.5. The number of rotatable bonds is 4. The molecule has 2 amide bonds. The fourth-order valence-electron chi connectivity index (χ4n) is 6.07. The Morgan fingerprint density at radius 2 is 0.815 bits per heavy atom. The summed E-state index contributed by atoms with van der Waals surface area (Å²) in [6.07, 6.45) is 2.56. The van der Waals surface area contributed by atoms with Crippen molar-refractivity contribution in [2.24, 2.45) is 5.73 Å². The quantitative estimate of drug-likeness (QED) is 0.0872. The van der Waals surface area contributed by atoms with Gasteiger partial charge in [-0.1, -0.05) is 115 Å². The Kier molecular flexibility index (Phi) is 33.9. The van der Waals surface area contributed by atoms with Crippen LogP contribution in [0, 0.1) is 22.3 Å². The third-order valence-electron chi connectivity index (χ3n) is 9.23. The Morgan fingerprint density at radius 1 is 0.508 bits per heavy atom. The molecule has 1 fully saturated rings. The van der Waals surface area contributed by atoms with Crippen LogP contribution >= 0.6 is 11.6 Å². The van der Waals surface area contributed by atoms with Gasteiger partial charge in [0.05, 0.1) is 5.70 Å². The van der Waals surface area contributed by atoms with Gasteiger partial charge in [-0.05, 0) is 62.6 Å². The number of Topliss-reactive ketones (excluding diaryl/α,β-unsaturated/α-hetero) is 4. The number of carbonyl (C=O) groups excluding carboxylic acids is 7. The van der Waals surface area contributed by atoms with Crippen molar-refractivity contribution in [2.75, 3.05) is 13.2 Å². The van der Waals surface area contributed by atoms with Gasteiger partial charge in [-0.25, -0.2) is 4.90 Å². The molecule has 0 saturated carbocycles. The van der Waals surface area contributed by atoms with Crippen molar-refractivity contribution in [3.8, 4) is 0 Å². The minimum atomic E-state index is -0.667. The molecule has 8 rings (SSSR count). The number of ether oxygens (including phenoxy) is 1. The molecule has 0 unspecified atom stereocenters. The number of imide groups is 1. The summed E-state index contributed by atoms with van der Waals surface area (Å²) in [4.78, 5) is 87.6. The second kappa shape index (κ2) is 33.0. The summed E-state index contributed by atoms with van der Waals surface area (Å²) in [5.74, 6) is -2.66. The number of carbonyl (C=O) groups is 7. The summed E-state index contributed by atoms with van der Waals surface area (Å²) >= 11 is 5.16. The van der Waals surface area contributed by atoms with Gasteiger partial charge >= 0.3 is 29.6 Å². The first-order valence-electron chi connectivity index (χ1n) is 18.3. The molecule has 1 aliphatic heterocycles. The van der Waals surface area contributed by atoms with E-state index in [0.29, 0.717) is 22.3 Å². The van der Waals surface area contributed by atoms with Crippen LogP contribution < -0.4 is 35.3 Å². The van der Waals surface area contributed by atoms with Crippen LogP contribution in [-0.4, -0.2) is 58.3 Å². The summed E-state index contributed by atoms with van der Waals surface area (Å²) < 4.78 is 4.94. The molecule has 10 nitrogen and oxygen atoms in total. The molecule has 2 N–H and O–H groups in total. The van der Waals surface area contributed by atoms with E-state index in [1.807, 2.05) is 6.07 Å². The molecule has 65 heavy (non-hydrogen) atoms. The fraction of sp³-hybridized carbons (Fsp3) is 0.120. The second-order valence-electron chi connectivity index (χ2n) is 13.1. The van der Waals surface area contributed by atoms with E-state index in [4.69, 9.17) is 22.1 Å². The maximum atomic E-state index is 13.4. The van der Waals surface area contributed by atoms with Crippen LogP contribution in [-0.2, 0) is 103 Å². The number of amides is 2. The number of fused-ring (bicyclic) bond motifs is 2. The molecule has 5 aromatic rings. The summed E-state index contributed by atoms with van der Waals surface area (Å²) in [6, 6.07) is 38.3. The number of nitrogens with two attached hydrogens (primary N) is 1. The third-order valence-corrected chi connectivity index (χ3v) is 9.45. The molecule has 1 heterocycles. The van der Waals surface area contributed by atoms with Crippen LogP contribution in [0.1, 0.15) is 101 Å². The van der Waals surface area contributed by atoms with Gasteiger partial charge in [0.15, 0.2) is 11.6 Å². The Morgan fingerprint density at radius 3 is 1.14 bits per heavy atom. The number of halogens is 1. The van der Waals surface area contributed by atoms with Crippen molar-refractivity contribution in [3.05, 3.63) is 223 Å². The Balaban J connectivity index is -0.000000448.